The molecule has 0 radical (unpaired) electrons. The molecule has 0 aliphatic rings. The normalized spacial score (nSPS) is 10.0. The van der Waals surface area contributed by atoms with Gasteiger partial charge in [0.05, 0.1) is 6.61 Å². The molecule has 0 N–H and O–H groups in total. The Morgan fingerprint density at radius 1 is 1.07 bits per heavy atom. The lowest BCUT2D eigenvalue weighted by molar-refractivity contribution is -0.139. The fourth-order valence-corrected chi connectivity index (χ4v) is 1.29. The summed E-state index contributed by atoms with van der Waals surface area (Å²) in [5, 5.41) is 0. The molecule has 0 heterocycles. The fraction of sp³-hybridized carbons (Fsp3) is 0.769. The zero-order valence-electron chi connectivity index (χ0n) is 10.2. The minimum atomic E-state index is -0.208. The van der Waals surface area contributed by atoms with Gasteiger partial charge in [0.1, 0.15) is 0 Å². The Morgan fingerprint density at radius 3 is 2.33 bits per heavy atom. The number of hydrogen-bond donors (Lipinski definition) is 0. The Kier molecular flexibility index (Phi) is 9.24. The third kappa shape index (κ3) is 8.22. The minimum Gasteiger partial charge on any atom is -0.462 e. The smallest absolute Gasteiger partial charge is 0.333 e. The Balaban J connectivity index is 3.43. The molecular weight excluding hydrogens is 188 g/mol. The van der Waals surface area contributed by atoms with Crippen molar-refractivity contribution in [3.8, 4) is 0 Å². The standard InChI is InChI=1S/C13H24O2/c1-4-6-8-9-11-15-13(14)12(3)10-7-5-2/h3-11H2,1-2H3. The Morgan fingerprint density at radius 2 is 1.73 bits per heavy atom. The molecule has 0 saturated carbocycles. The molecule has 0 amide bonds. The molecule has 15 heavy (non-hydrogen) atoms. The van der Waals surface area contributed by atoms with Crippen molar-refractivity contribution >= 4 is 5.97 Å². The van der Waals surface area contributed by atoms with E-state index < -0.39 is 0 Å². The van der Waals surface area contributed by atoms with E-state index in [-0.39, 0.29) is 5.97 Å². The van der Waals surface area contributed by atoms with E-state index in [2.05, 4.69) is 20.4 Å². The minimum absolute atomic E-state index is 0.208. The molecule has 0 spiro atoms. The predicted molar refractivity (Wildman–Crippen MR) is 63.8 cm³/mol. The van der Waals surface area contributed by atoms with Gasteiger partial charge in [-0.05, 0) is 19.3 Å². The van der Waals surface area contributed by atoms with Crippen LogP contribution in [0.5, 0.6) is 0 Å². The summed E-state index contributed by atoms with van der Waals surface area (Å²) in [6, 6.07) is 0. The first-order chi connectivity index (χ1) is 7.22. The summed E-state index contributed by atoms with van der Waals surface area (Å²) in [4.78, 5) is 11.4. The molecule has 0 unspecified atom stereocenters. The van der Waals surface area contributed by atoms with Gasteiger partial charge in [0.2, 0.25) is 0 Å². The molecule has 2 heteroatoms. The molecule has 0 saturated heterocycles. The van der Waals surface area contributed by atoms with E-state index in [4.69, 9.17) is 4.74 Å². The topological polar surface area (TPSA) is 26.3 Å². The van der Waals surface area contributed by atoms with Crippen molar-refractivity contribution in [3.05, 3.63) is 12.2 Å². The van der Waals surface area contributed by atoms with Crippen LogP contribution in [-0.2, 0) is 9.53 Å². The molecule has 0 bridgehead atoms. The number of ether oxygens (including phenoxy) is 1. The summed E-state index contributed by atoms with van der Waals surface area (Å²) in [6.45, 7) is 8.54. The lowest BCUT2D eigenvalue weighted by Gasteiger charge is -2.06. The van der Waals surface area contributed by atoms with Gasteiger partial charge in [0, 0.05) is 5.57 Å². The molecule has 0 atom stereocenters. The van der Waals surface area contributed by atoms with E-state index in [9.17, 15) is 4.79 Å². The van der Waals surface area contributed by atoms with Crippen molar-refractivity contribution in [2.45, 2.75) is 58.8 Å². The summed E-state index contributed by atoms with van der Waals surface area (Å²) < 4.78 is 5.11. The predicted octanol–water partition coefficient (Wildman–Crippen LogP) is 3.86. The summed E-state index contributed by atoms with van der Waals surface area (Å²) >= 11 is 0. The quantitative estimate of drug-likeness (QED) is 0.329. The van der Waals surface area contributed by atoms with Crippen LogP contribution in [0.3, 0.4) is 0 Å². The van der Waals surface area contributed by atoms with Crippen LogP contribution >= 0.6 is 0 Å². The number of hydrogen-bond acceptors (Lipinski definition) is 2. The third-order valence-electron chi connectivity index (χ3n) is 2.35. The van der Waals surface area contributed by atoms with Crippen molar-refractivity contribution in [2.75, 3.05) is 6.61 Å². The van der Waals surface area contributed by atoms with Crippen molar-refractivity contribution in [1.82, 2.24) is 0 Å². The van der Waals surface area contributed by atoms with Crippen LogP contribution in [-0.4, -0.2) is 12.6 Å². The van der Waals surface area contributed by atoms with E-state index in [1.807, 2.05) is 0 Å². The van der Waals surface area contributed by atoms with Crippen molar-refractivity contribution < 1.29 is 9.53 Å². The molecule has 0 aliphatic heterocycles. The maximum atomic E-state index is 11.4. The van der Waals surface area contributed by atoms with Gasteiger partial charge in [0.25, 0.3) is 0 Å². The van der Waals surface area contributed by atoms with Gasteiger partial charge in [-0.25, -0.2) is 4.79 Å². The van der Waals surface area contributed by atoms with Crippen molar-refractivity contribution in [2.24, 2.45) is 0 Å². The van der Waals surface area contributed by atoms with E-state index in [0.717, 1.165) is 32.1 Å². The monoisotopic (exact) mass is 212 g/mol. The van der Waals surface area contributed by atoms with E-state index in [1.54, 1.807) is 0 Å². The molecule has 2 nitrogen and oxygen atoms in total. The molecule has 88 valence electrons. The van der Waals surface area contributed by atoms with Gasteiger partial charge >= 0.3 is 5.97 Å². The maximum Gasteiger partial charge on any atom is 0.333 e. The van der Waals surface area contributed by atoms with Crippen LogP contribution in [0.15, 0.2) is 12.2 Å². The Bertz CT molecular complexity index is 185. The zero-order valence-corrected chi connectivity index (χ0v) is 10.2. The lowest BCUT2D eigenvalue weighted by Crippen LogP contribution is -2.08. The summed E-state index contributed by atoms with van der Waals surface area (Å²) in [7, 11) is 0. The second-order valence-corrected chi connectivity index (χ2v) is 3.90. The molecule has 0 aromatic heterocycles. The number of carbonyl (C=O) groups excluding carboxylic acids is 1. The SMILES string of the molecule is C=C(CCCC)C(=O)OCCCCCC. The average Bonchev–Trinajstić information content (AvgIpc) is 2.25. The van der Waals surface area contributed by atoms with E-state index in [1.165, 1.54) is 12.8 Å². The summed E-state index contributed by atoms with van der Waals surface area (Å²) in [6.07, 6.45) is 7.41. The van der Waals surface area contributed by atoms with Crippen LogP contribution in [0.25, 0.3) is 0 Å². The van der Waals surface area contributed by atoms with Crippen LogP contribution < -0.4 is 0 Å². The van der Waals surface area contributed by atoms with Crippen LogP contribution in [0, 0.1) is 0 Å². The van der Waals surface area contributed by atoms with Gasteiger partial charge < -0.3 is 4.74 Å². The zero-order chi connectivity index (χ0) is 11.5. The van der Waals surface area contributed by atoms with Crippen molar-refractivity contribution in [3.63, 3.8) is 0 Å². The van der Waals surface area contributed by atoms with E-state index >= 15 is 0 Å². The van der Waals surface area contributed by atoms with Gasteiger partial charge in [-0.3, -0.25) is 0 Å². The lowest BCUT2D eigenvalue weighted by atomic mass is 10.1. The summed E-state index contributed by atoms with van der Waals surface area (Å²) in [5.41, 5.74) is 0.618. The first kappa shape index (κ1) is 14.2. The highest BCUT2D eigenvalue weighted by molar-refractivity contribution is 5.87. The largest absolute Gasteiger partial charge is 0.462 e. The highest BCUT2D eigenvalue weighted by Gasteiger charge is 2.06. The van der Waals surface area contributed by atoms with Crippen LogP contribution in [0.2, 0.25) is 0 Å². The number of rotatable bonds is 9. The van der Waals surface area contributed by atoms with E-state index in [0.29, 0.717) is 12.2 Å². The third-order valence-corrected chi connectivity index (χ3v) is 2.35. The molecule has 0 aliphatic carbocycles. The molecule has 0 rings (SSSR count). The first-order valence-electron chi connectivity index (χ1n) is 6.07. The summed E-state index contributed by atoms with van der Waals surface area (Å²) in [5.74, 6) is -0.208. The number of carbonyl (C=O) groups is 1. The highest BCUT2D eigenvalue weighted by atomic mass is 16.5. The first-order valence-corrected chi connectivity index (χ1v) is 6.07. The second-order valence-electron chi connectivity index (χ2n) is 3.90. The molecule has 0 aromatic rings. The molecule has 0 aromatic carbocycles. The van der Waals surface area contributed by atoms with Crippen molar-refractivity contribution in [1.29, 1.82) is 0 Å². The fourth-order valence-electron chi connectivity index (χ4n) is 1.29. The second kappa shape index (κ2) is 9.75. The van der Waals surface area contributed by atoms with Crippen LogP contribution in [0.1, 0.15) is 58.8 Å². The molecular formula is C13H24O2. The maximum absolute atomic E-state index is 11.4. The Hall–Kier alpha value is -0.790. The van der Waals surface area contributed by atoms with Crippen LogP contribution in [0.4, 0.5) is 0 Å². The van der Waals surface area contributed by atoms with Gasteiger partial charge in [-0.2, -0.15) is 0 Å². The average molecular weight is 212 g/mol. The van der Waals surface area contributed by atoms with Gasteiger partial charge in [-0.1, -0.05) is 46.1 Å². The van der Waals surface area contributed by atoms with Gasteiger partial charge in [-0.15, -0.1) is 0 Å². The number of unbranched alkanes of at least 4 members (excludes halogenated alkanes) is 4. The highest BCUT2D eigenvalue weighted by Crippen LogP contribution is 2.07. The Labute approximate surface area is 93.7 Å². The van der Waals surface area contributed by atoms with Gasteiger partial charge in [0.15, 0.2) is 0 Å². The molecule has 0 fully saturated rings. The number of esters is 1.